The van der Waals surface area contributed by atoms with Gasteiger partial charge in [-0.05, 0) is 110 Å². The van der Waals surface area contributed by atoms with Crippen LogP contribution in [0.3, 0.4) is 0 Å². The topological polar surface area (TPSA) is 71.1 Å². The number of benzene rings is 2. The molecule has 4 bridgehead atoms. The lowest BCUT2D eigenvalue weighted by molar-refractivity contribution is -0.151. The Morgan fingerprint density at radius 1 is 0.600 bits per heavy atom. The number of hydrogen-bond donors (Lipinski definition) is 0. The van der Waals surface area contributed by atoms with Crippen molar-refractivity contribution < 1.29 is 28.5 Å². The highest BCUT2D eigenvalue weighted by Gasteiger charge is 2.41. The highest BCUT2D eigenvalue weighted by molar-refractivity contribution is 5.74. The Morgan fingerprint density at radius 3 is 1.29 bits per heavy atom. The fourth-order valence-corrected chi connectivity index (χ4v) is 8.13. The minimum absolute atomic E-state index is 0.0111. The molecule has 0 heterocycles. The Hall–Kier alpha value is -3.54. The van der Waals surface area contributed by atoms with Gasteiger partial charge < -0.3 is 18.9 Å². The summed E-state index contributed by atoms with van der Waals surface area (Å²) in [6.45, 7) is 14.0. The van der Waals surface area contributed by atoms with Gasteiger partial charge >= 0.3 is 11.9 Å². The van der Waals surface area contributed by atoms with Gasteiger partial charge in [0, 0.05) is 5.41 Å². The monoisotopic (exact) mass is 612 g/mol. The second-order valence-corrected chi connectivity index (χ2v) is 14.3. The first-order chi connectivity index (χ1) is 21.5. The van der Waals surface area contributed by atoms with Gasteiger partial charge in [-0.15, -0.1) is 0 Å². The Kier molecular flexibility index (Phi) is 8.87. The predicted octanol–water partition coefficient (Wildman–Crippen LogP) is 7.51. The molecule has 6 rings (SSSR count). The van der Waals surface area contributed by atoms with Gasteiger partial charge in [-0.2, -0.15) is 0 Å². The molecule has 0 aliphatic heterocycles. The first kappa shape index (κ1) is 31.4. The Balaban J connectivity index is 1.02. The zero-order valence-corrected chi connectivity index (χ0v) is 27.7. The fraction of sp³-hybridized carbons (Fsp3) is 0.538. The van der Waals surface area contributed by atoms with Crippen molar-refractivity contribution in [2.45, 2.75) is 72.6 Å². The van der Waals surface area contributed by atoms with Gasteiger partial charge in [0.15, 0.2) is 0 Å². The SMILES string of the molecule is Cc1cc(C(C)(C)c2cc(C)c(OCCOC(=O)C3CC4C=CC3C4)c(C)c2)cc(C)c1OCCOC(=O)C1CC2C=CC1C2. The van der Waals surface area contributed by atoms with Crippen LogP contribution < -0.4 is 9.47 Å². The summed E-state index contributed by atoms with van der Waals surface area (Å²) in [6.07, 6.45) is 12.8. The van der Waals surface area contributed by atoms with E-state index in [2.05, 4.69) is 90.1 Å². The van der Waals surface area contributed by atoms with Gasteiger partial charge in [0.25, 0.3) is 0 Å². The van der Waals surface area contributed by atoms with Crippen LogP contribution in [0.2, 0.25) is 0 Å². The zero-order chi connectivity index (χ0) is 31.9. The summed E-state index contributed by atoms with van der Waals surface area (Å²) >= 11 is 0. The molecular weight excluding hydrogens is 564 g/mol. The lowest BCUT2D eigenvalue weighted by atomic mass is 9.76. The van der Waals surface area contributed by atoms with Crippen LogP contribution in [0.5, 0.6) is 11.5 Å². The summed E-state index contributed by atoms with van der Waals surface area (Å²) in [7, 11) is 0. The van der Waals surface area contributed by atoms with Gasteiger partial charge in [0.1, 0.15) is 37.9 Å². The number of allylic oxidation sites excluding steroid dienone is 4. The molecule has 6 atom stereocenters. The second-order valence-electron chi connectivity index (χ2n) is 14.3. The minimum atomic E-state index is -0.253. The molecule has 0 amide bonds. The third-order valence-electron chi connectivity index (χ3n) is 10.7. The van der Waals surface area contributed by atoms with E-state index in [0.717, 1.165) is 59.4 Å². The molecule has 0 aromatic heterocycles. The van der Waals surface area contributed by atoms with Crippen LogP contribution in [0, 0.1) is 63.2 Å². The highest BCUT2D eigenvalue weighted by atomic mass is 16.6. The number of carbonyl (C=O) groups excluding carboxylic acids is 2. The van der Waals surface area contributed by atoms with Crippen LogP contribution in [0.15, 0.2) is 48.6 Å². The Labute approximate surface area is 268 Å². The number of hydrogen-bond acceptors (Lipinski definition) is 6. The molecule has 0 N–H and O–H groups in total. The van der Waals surface area contributed by atoms with Gasteiger partial charge in [-0.25, -0.2) is 0 Å². The van der Waals surface area contributed by atoms with E-state index in [1.807, 2.05) is 0 Å². The number of ether oxygens (including phenoxy) is 4. The summed E-state index contributed by atoms with van der Waals surface area (Å²) in [5, 5.41) is 0. The average molecular weight is 613 g/mol. The number of esters is 2. The Morgan fingerprint density at radius 2 is 0.978 bits per heavy atom. The molecule has 0 radical (unpaired) electrons. The van der Waals surface area contributed by atoms with Crippen LogP contribution in [0.25, 0.3) is 0 Å². The van der Waals surface area contributed by atoms with E-state index in [9.17, 15) is 9.59 Å². The fourth-order valence-electron chi connectivity index (χ4n) is 8.13. The number of fused-ring (bicyclic) bond motifs is 4. The van der Waals surface area contributed by atoms with Gasteiger partial charge in [0.05, 0.1) is 11.8 Å². The Bertz CT molecular complexity index is 1360. The molecule has 6 nitrogen and oxygen atoms in total. The van der Waals surface area contributed by atoms with Crippen LogP contribution in [-0.2, 0) is 24.5 Å². The van der Waals surface area contributed by atoms with E-state index in [1.165, 1.54) is 11.1 Å². The van der Waals surface area contributed by atoms with Crippen molar-refractivity contribution in [2.75, 3.05) is 26.4 Å². The van der Waals surface area contributed by atoms with Gasteiger partial charge in [-0.3, -0.25) is 9.59 Å². The van der Waals surface area contributed by atoms with Gasteiger partial charge in [0.2, 0.25) is 0 Å². The molecule has 6 unspecified atom stereocenters. The molecule has 0 saturated heterocycles. The molecule has 2 aromatic carbocycles. The van der Waals surface area contributed by atoms with Crippen molar-refractivity contribution in [1.29, 1.82) is 0 Å². The van der Waals surface area contributed by atoms with Crippen LogP contribution in [0.1, 0.15) is 72.9 Å². The number of rotatable bonds is 12. The lowest BCUT2D eigenvalue weighted by Gasteiger charge is -2.29. The first-order valence-electron chi connectivity index (χ1n) is 16.7. The normalized spacial score (nSPS) is 26.0. The van der Waals surface area contributed by atoms with E-state index < -0.39 is 0 Å². The maximum absolute atomic E-state index is 12.6. The summed E-state index contributed by atoms with van der Waals surface area (Å²) in [4.78, 5) is 25.1. The molecule has 45 heavy (non-hydrogen) atoms. The molecule has 6 heteroatoms. The van der Waals surface area contributed by atoms with Crippen LogP contribution in [-0.4, -0.2) is 38.4 Å². The second kappa shape index (κ2) is 12.7. The highest BCUT2D eigenvalue weighted by Crippen LogP contribution is 2.45. The van der Waals surface area contributed by atoms with Crippen molar-refractivity contribution >= 4 is 11.9 Å². The molecule has 4 aliphatic carbocycles. The molecule has 0 spiro atoms. The molecule has 4 aliphatic rings. The van der Waals surface area contributed by atoms with Crippen molar-refractivity contribution in [3.05, 3.63) is 82.0 Å². The van der Waals surface area contributed by atoms with E-state index in [0.29, 0.717) is 36.9 Å². The maximum Gasteiger partial charge on any atom is 0.309 e. The van der Waals surface area contributed by atoms with E-state index in [4.69, 9.17) is 18.9 Å². The number of carbonyl (C=O) groups is 2. The zero-order valence-electron chi connectivity index (χ0n) is 27.7. The first-order valence-corrected chi connectivity index (χ1v) is 16.7. The lowest BCUT2D eigenvalue weighted by Crippen LogP contribution is -2.24. The summed E-state index contributed by atoms with van der Waals surface area (Å²) < 4.78 is 23.4. The number of aryl methyl sites for hydroxylation is 4. The van der Waals surface area contributed by atoms with E-state index in [1.54, 1.807) is 0 Å². The van der Waals surface area contributed by atoms with Gasteiger partial charge in [-0.1, -0.05) is 62.4 Å². The summed E-state index contributed by atoms with van der Waals surface area (Å²) in [6, 6.07) is 8.80. The molecule has 2 aromatic rings. The largest absolute Gasteiger partial charge is 0.489 e. The van der Waals surface area contributed by atoms with Crippen molar-refractivity contribution in [3.63, 3.8) is 0 Å². The molecule has 2 fully saturated rings. The predicted molar refractivity (Wildman–Crippen MR) is 175 cm³/mol. The van der Waals surface area contributed by atoms with Crippen molar-refractivity contribution in [3.8, 4) is 11.5 Å². The van der Waals surface area contributed by atoms with Crippen LogP contribution >= 0.6 is 0 Å². The summed E-state index contributed by atoms with van der Waals surface area (Å²) in [5.41, 5.74) is 6.40. The summed E-state index contributed by atoms with van der Waals surface area (Å²) in [5.74, 6) is 3.35. The minimum Gasteiger partial charge on any atom is -0.489 e. The third kappa shape index (κ3) is 6.43. The standard InChI is InChI=1S/C39H48O6/c1-23-15-31(16-24(2)35(23)42-11-13-44-37(40)33-21-27-7-9-29(33)19-27)39(5,6)32-17-25(3)36(26(4)18-32)43-12-14-45-38(41)34-22-28-8-10-30(34)20-28/h7-10,15-18,27-30,33-34H,11-14,19-22H2,1-6H3. The molecule has 2 saturated carbocycles. The quantitative estimate of drug-likeness (QED) is 0.140. The smallest absolute Gasteiger partial charge is 0.309 e. The van der Waals surface area contributed by atoms with Crippen LogP contribution in [0.4, 0.5) is 0 Å². The molecule has 240 valence electrons. The van der Waals surface area contributed by atoms with Crippen molar-refractivity contribution in [1.82, 2.24) is 0 Å². The average Bonchev–Trinajstić information content (AvgIpc) is 3.82. The van der Waals surface area contributed by atoms with E-state index in [-0.39, 0.29) is 42.4 Å². The third-order valence-corrected chi connectivity index (χ3v) is 10.7. The van der Waals surface area contributed by atoms with Crippen molar-refractivity contribution in [2.24, 2.45) is 35.5 Å². The maximum atomic E-state index is 12.6. The molecular formula is C39H48O6. The van der Waals surface area contributed by atoms with E-state index >= 15 is 0 Å².